The molecule has 0 aliphatic carbocycles. The van der Waals surface area contributed by atoms with Crippen LogP contribution in [0.1, 0.15) is 4.88 Å². The highest BCUT2D eigenvalue weighted by atomic mass is 32.1. The standard InChI is InChI=1S/C15H19N3O2S2/c1-17(11-14(19)18-4-6-20-7-5-18)10-12-9-16-15(22-12)13-3-2-8-21-13/h2-3,8-9H,4-7,10-11H2,1H3. The van der Waals surface area contributed by atoms with E-state index < -0.39 is 0 Å². The summed E-state index contributed by atoms with van der Waals surface area (Å²) in [7, 11) is 1.98. The number of hydrogen-bond acceptors (Lipinski definition) is 6. The first kappa shape index (κ1) is 15.6. The van der Waals surface area contributed by atoms with Gasteiger partial charge in [0.15, 0.2) is 0 Å². The van der Waals surface area contributed by atoms with Crippen molar-refractivity contribution in [2.24, 2.45) is 0 Å². The number of aromatic nitrogens is 1. The second-order valence-electron chi connectivity index (χ2n) is 5.27. The number of morpholine rings is 1. The molecule has 118 valence electrons. The zero-order chi connectivity index (χ0) is 15.4. The lowest BCUT2D eigenvalue weighted by Gasteiger charge is -2.28. The van der Waals surface area contributed by atoms with E-state index in [1.807, 2.05) is 29.1 Å². The summed E-state index contributed by atoms with van der Waals surface area (Å²) in [5.41, 5.74) is 0. The van der Waals surface area contributed by atoms with E-state index in [2.05, 4.69) is 16.4 Å². The molecule has 3 rings (SSSR count). The zero-order valence-electron chi connectivity index (χ0n) is 12.5. The fourth-order valence-corrected chi connectivity index (χ4v) is 4.16. The van der Waals surface area contributed by atoms with Gasteiger partial charge in [0.05, 0.1) is 24.6 Å². The van der Waals surface area contributed by atoms with Gasteiger partial charge in [-0.2, -0.15) is 0 Å². The van der Waals surface area contributed by atoms with E-state index in [0.717, 1.165) is 11.6 Å². The molecule has 2 aromatic rings. The van der Waals surface area contributed by atoms with Crippen molar-refractivity contribution >= 4 is 28.6 Å². The van der Waals surface area contributed by atoms with E-state index in [-0.39, 0.29) is 5.91 Å². The lowest BCUT2D eigenvalue weighted by molar-refractivity contribution is -0.136. The maximum atomic E-state index is 12.2. The van der Waals surface area contributed by atoms with Gasteiger partial charge in [-0.15, -0.1) is 22.7 Å². The topological polar surface area (TPSA) is 45.7 Å². The first-order chi connectivity index (χ1) is 10.7. The van der Waals surface area contributed by atoms with E-state index in [1.165, 1.54) is 9.75 Å². The number of thiophene rings is 1. The molecular weight excluding hydrogens is 318 g/mol. The molecule has 1 fully saturated rings. The molecule has 1 aliphatic heterocycles. The maximum absolute atomic E-state index is 12.2. The SMILES string of the molecule is CN(CC(=O)N1CCOCC1)Cc1cnc(-c2cccs2)s1. The van der Waals surface area contributed by atoms with Crippen LogP contribution >= 0.6 is 22.7 Å². The molecular formula is C15H19N3O2S2. The van der Waals surface area contributed by atoms with Crippen LogP contribution in [-0.4, -0.2) is 60.6 Å². The molecule has 0 spiro atoms. The number of hydrogen-bond donors (Lipinski definition) is 0. The fraction of sp³-hybridized carbons (Fsp3) is 0.467. The Bertz CT molecular complexity index is 606. The van der Waals surface area contributed by atoms with Crippen molar-refractivity contribution in [1.29, 1.82) is 0 Å². The van der Waals surface area contributed by atoms with Gasteiger partial charge in [-0.25, -0.2) is 4.98 Å². The Hall–Kier alpha value is -1.28. The highest BCUT2D eigenvalue weighted by molar-refractivity contribution is 7.20. The third-order valence-electron chi connectivity index (χ3n) is 3.48. The minimum atomic E-state index is 0.175. The number of amides is 1. The number of carbonyl (C=O) groups is 1. The molecule has 5 nitrogen and oxygen atoms in total. The molecule has 0 saturated carbocycles. The van der Waals surface area contributed by atoms with Crippen LogP contribution in [0.25, 0.3) is 9.88 Å². The average molecular weight is 337 g/mol. The van der Waals surface area contributed by atoms with Crippen LogP contribution < -0.4 is 0 Å². The van der Waals surface area contributed by atoms with Gasteiger partial charge in [-0.3, -0.25) is 9.69 Å². The van der Waals surface area contributed by atoms with Gasteiger partial charge in [0.1, 0.15) is 5.01 Å². The van der Waals surface area contributed by atoms with Gasteiger partial charge in [0.2, 0.25) is 5.91 Å². The van der Waals surface area contributed by atoms with Crippen LogP contribution in [0, 0.1) is 0 Å². The molecule has 1 aliphatic rings. The molecule has 0 unspecified atom stereocenters. The van der Waals surface area contributed by atoms with Gasteiger partial charge >= 0.3 is 0 Å². The van der Waals surface area contributed by atoms with Crippen molar-refractivity contribution in [3.63, 3.8) is 0 Å². The summed E-state index contributed by atoms with van der Waals surface area (Å²) in [4.78, 5) is 23.0. The van der Waals surface area contributed by atoms with Crippen LogP contribution in [0.4, 0.5) is 0 Å². The number of carbonyl (C=O) groups excluding carboxylic acids is 1. The minimum absolute atomic E-state index is 0.175. The second kappa shape index (κ2) is 7.32. The van der Waals surface area contributed by atoms with E-state index >= 15 is 0 Å². The minimum Gasteiger partial charge on any atom is -0.378 e. The summed E-state index contributed by atoms with van der Waals surface area (Å²) in [6.45, 7) is 3.89. The predicted molar refractivity (Wildman–Crippen MR) is 89.2 cm³/mol. The number of ether oxygens (including phenoxy) is 1. The molecule has 2 aromatic heterocycles. The van der Waals surface area contributed by atoms with E-state index in [9.17, 15) is 4.79 Å². The normalized spacial score (nSPS) is 15.5. The Balaban J connectivity index is 1.53. The van der Waals surface area contributed by atoms with Crippen LogP contribution in [0.3, 0.4) is 0 Å². The van der Waals surface area contributed by atoms with Crippen molar-refractivity contribution in [3.8, 4) is 9.88 Å². The molecule has 0 atom stereocenters. The zero-order valence-corrected chi connectivity index (χ0v) is 14.2. The third kappa shape index (κ3) is 3.92. The lowest BCUT2D eigenvalue weighted by Crippen LogP contribution is -2.44. The van der Waals surface area contributed by atoms with Crippen molar-refractivity contribution in [1.82, 2.24) is 14.8 Å². The summed E-state index contributed by atoms with van der Waals surface area (Å²) in [6, 6.07) is 4.12. The summed E-state index contributed by atoms with van der Waals surface area (Å²) < 4.78 is 5.28. The number of rotatable bonds is 5. The van der Waals surface area contributed by atoms with Crippen LogP contribution in [0.2, 0.25) is 0 Å². The van der Waals surface area contributed by atoms with Crippen LogP contribution in [0.15, 0.2) is 23.7 Å². The molecule has 0 radical (unpaired) electrons. The van der Waals surface area contributed by atoms with Crippen LogP contribution in [0.5, 0.6) is 0 Å². The van der Waals surface area contributed by atoms with E-state index in [4.69, 9.17) is 4.74 Å². The maximum Gasteiger partial charge on any atom is 0.236 e. The largest absolute Gasteiger partial charge is 0.378 e. The molecule has 0 aromatic carbocycles. The summed E-state index contributed by atoms with van der Waals surface area (Å²) in [6.07, 6.45) is 1.91. The highest BCUT2D eigenvalue weighted by Crippen LogP contribution is 2.29. The Morgan fingerprint density at radius 2 is 2.27 bits per heavy atom. The van der Waals surface area contributed by atoms with E-state index in [0.29, 0.717) is 32.8 Å². The Labute approximate surface area is 138 Å². The Kier molecular flexibility index (Phi) is 5.20. The van der Waals surface area contributed by atoms with Crippen molar-refractivity contribution in [3.05, 3.63) is 28.6 Å². The van der Waals surface area contributed by atoms with Crippen molar-refractivity contribution < 1.29 is 9.53 Å². The van der Waals surface area contributed by atoms with Gasteiger partial charge in [-0.05, 0) is 18.5 Å². The highest BCUT2D eigenvalue weighted by Gasteiger charge is 2.18. The number of nitrogens with zero attached hydrogens (tertiary/aromatic N) is 3. The van der Waals surface area contributed by atoms with Crippen molar-refractivity contribution in [2.75, 3.05) is 39.9 Å². The van der Waals surface area contributed by atoms with Gasteiger partial charge in [-0.1, -0.05) is 6.07 Å². The molecule has 0 N–H and O–H groups in total. The quantitative estimate of drug-likeness (QED) is 0.839. The second-order valence-corrected chi connectivity index (χ2v) is 7.34. The molecule has 1 amide bonds. The van der Waals surface area contributed by atoms with E-state index in [1.54, 1.807) is 22.7 Å². The molecule has 3 heterocycles. The third-order valence-corrected chi connectivity index (χ3v) is 5.50. The average Bonchev–Trinajstić information content (AvgIpc) is 3.19. The van der Waals surface area contributed by atoms with Gasteiger partial charge in [0, 0.05) is 30.7 Å². The summed E-state index contributed by atoms with van der Waals surface area (Å²) >= 11 is 3.39. The molecule has 0 bridgehead atoms. The van der Waals surface area contributed by atoms with Gasteiger partial charge in [0.25, 0.3) is 0 Å². The first-order valence-electron chi connectivity index (χ1n) is 7.25. The van der Waals surface area contributed by atoms with Gasteiger partial charge < -0.3 is 9.64 Å². The number of likely N-dealkylation sites (N-methyl/N-ethyl adjacent to an activating group) is 1. The molecule has 7 heteroatoms. The molecule has 1 saturated heterocycles. The fourth-order valence-electron chi connectivity index (χ4n) is 2.36. The van der Waals surface area contributed by atoms with Crippen LogP contribution in [-0.2, 0) is 16.1 Å². The van der Waals surface area contributed by atoms with Crippen molar-refractivity contribution in [2.45, 2.75) is 6.54 Å². The Morgan fingerprint density at radius 1 is 1.45 bits per heavy atom. The summed E-state index contributed by atoms with van der Waals surface area (Å²) in [5.74, 6) is 0.175. The number of thiazole rings is 1. The smallest absolute Gasteiger partial charge is 0.236 e. The monoisotopic (exact) mass is 337 g/mol. The Morgan fingerprint density at radius 3 is 3.00 bits per heavy atom. The molecule has 22 heavy (non-hydrogen) atoms. The predicted octanol–water partition coefficient (Wildman–Crippen LogP) is 2.16. The lowest BCUT2D eigenvalue weighted by atomic mass is 10.3. The first-order valence-corrected chi connectivity index (χ1v) is 8.94. The summed E-state index contributed by atoms with van der Waals surface area (Å²) in [5, 5.41) is 3.11.